The molecule has 1 amide bonds. The van der Waals surface area contributed by atoms with Gasteiger partial charge < -0.3 is 20.1 Å². The van der Waals surface area contributed by atoms with Crippen molar-refractivity contribution in [3.05, 3.63) is 74.7 Å². The summed E-state index contributed by atoms with van der Waals surface area (Å²) in [5, 5.41) is 19.3. The Morgan fingerprint density at radius 2 is 2.00 bits per heavy atom. The molecule has 31 heavy (non-hydrogen) atoms. The Bertz CT molecular complexity index is 1010. The summed E-state index contributed by atoms with van der Waals surface area (Å²) >= 11 is 1.42. The predicted molar refractivity (Wildman–Crippen MR) is 118 cm³/mol. The minimum Gasteiger partial charge on any atom is -0.493 e. The lowest BCUT2D eigenvalue weighted by atomic mass is 10.1. The molecule has 2 aromatic carbocycles. The second-order valence-electron chi connectivity index (χ2n) is 6.45. The number of anilines is 1. The predicted octanol–water partition coefficient (Wildman–Crippen LogP) is 3.87. The molecule has 0 unspecified atom stereocenters. The van der Waals surface area contributed by atoms with Crippen LogP contribution in [0.15, 0.2) is 53.4 Å². The monoisotopic (exact) mass is 442 g/mol. The van der Waals surface area contributed by atoms with Crippen molar-refractivity contribution in [2.45, 2.75) is 13.0 Å². The smallest absolute Gasteiger partial charge is 0.286 e. The summed E-state index contributed by atoms with van der Waals surface area (Å²) in [5.41, 5.74) is 2.91. The van der Waals surface area contributed by atoms with E-state index in [9.17, 15) is 14.9 Å². The van der Waals surface area contributed by atoms with Crippen molar-refractivity contribution >= 4 is 28.6 Å². The molecule has 9 nitrogen and oxygen atoms in total. The number of benzene rings is 2. The van der Waals surface area contributed by atoms with Gasteiger partial charge in [-0.25, -0.2) is 4.98 Å². The number of hydrogen-bond donors (Lipinski definition) is 2. The Kier molecular flexibility index (Phi) is 7.77. The lowest BCUT2D eigenvalue weighted by molar-refractivity contribution is -0.385. The zero-order valence-corrected chi connectivity index (χ0v) is 17.7. The van der Waals surface area contributed by atoms with Crippen molar-refractivity contribution in [3.8, 4) is 11.5 Å². The number of nitrogens with one attached hydrogen (secondary N) is 2. The van der Waals surface area contributed by atoms with Gasteiger partial charge in [-0.1, -0.05) is 18.2 Å². The van der Waals surface area contributed by atoms with E-state index in [1.165, 1.54) is 30.6 Å². The Hall–Kier alpha value is -3.66. The highest BCUT2D eigenvalue weighted by Gasteiger charge is 2.24. The van der Waals surface area contributed by atoms with E-state index in [0.717, 1.165) is 5.69 Å². The summed E-state index contributed by atoms with van der Waals surface area (Å²) < 4.78 is 10.9. The van der Waals surface area contributed by atoms with Crippen molar-refractivity contribution in [3.63, 3.8) is 0 Å². The van der Waals surface area contributed by atoms with E-state index < -0.39 is 10.8 Å². The zero-order valence-electron chi connectivity index (χ0n) is 16.9. The molecule has 162 valence electrons. The number of carbonyl (C=O) groups is 1. The fourth-order valence-electron chi connectivity index (χ4n) is 2.79. The third-order valence-corrected chi connectivity index (χ3v) is 4.96. The number of nitrogens with zero attached hydrogens (tertiary/aromatic N) is 2. The maximum atomic E-state index is 12.6. The largest absolute Gasteiger partial charge is 0.493 e. The third-order valence-electron chi connectivity index (χ3n) is 4.32. The minimum absolute atomic E-state index is 0.0844. The maximum Gasteiger partial charge on any atom is 0.286 e. The first-order chi connectivity index (χ1) is 15.1. The van der Waals surface area contributed by atoms with E-state index in [4.69, 9.17) is 9.47 Å². The van der Waals surface area contributed by atoms with Gasteiger partial charge in [0.2, 0.25) is 0 Å². The first-order valence-electron chi connectivity index (χ1n) is 9.52. The average molecular weight is 442 g/mol. The number of nitro benzene ring substituents is 1. The number of methoxy groups -OCH3 is 1. The van der Waals surface area contributed by atoms with E-state index in [1.807, 2.05) is 35.7 Å². The number of amides is 1. The normalized spacial score (nSPS) is 10.4. The van der Waals surface area contributed by atoms with Crippen LogP contribution in [-0.2, 0) is 6.61 Å². The molecular formula is C21H22N4O5S. The van der Waals surface area contributed by atoms with Gasteiger partial charge in [-0.2, -0.15) is 0 Å². The van der Waals surface area contributed by atoms with Crippen molar-refractivity contribution in [1.82, 2.24) is 10.3 Å². The molecule has 1 aromatic heterocycles. The molecule has 0 aliphatic rings. The lowest BCUT2D eigenvalue weighted by Gasteiger charge is -2.12. The van der Waals surface area contributed by atoms with Crippen molar-refractivity contribution in [2.24, 2.45) is 0 Å². The van der Waals surface area contributed by atoms with Gasteiger partial charge in [-0.15, -0.1) is 11.3 Å². The molecule has 0 spiro atoms. The molecule has 0 radical (unpaired) electrons. The first kappa shape index (κ1) is 22.0. The number of ether oxygens (including phenoxy) is 2. The average Bonchev–Trinajstić information content (AvgIpc) is 3.31. The summed E-state index contributed by atoms with van der Waals surface area (Å²) in [6, 6.07) is 12.2. The van der Waals surface area contributed by atoms with Crippen LogP contribution in [0.25, 0.3) is 0 Å². The van der Waals surface area contributed by atoms with Gasteiger partial charge >= 0.3 is 0 Å². The van der Waals surface area contributed by atoms with Crippen LogP contribution >= 0.6 is 11.3 Å². The number of carbonyl (C=O) groups excluding carboxylic acids is 1. The standard InChI is InChI=1S/C21H22N4O5S/c1-29-19-10-17(21(26)23-9-5-8-22-15-6-3-2-4-7-15)18(25(27)28)11-20(19)30-12-16-13-31-14-24-16/h2-4,6-7,10-11,13-14,22H,5,8-9,12H2,1H3,(H,23,26). The highest BCUT2D eigenvalue weighted by atomic mass is 32.1. The number of thiazole rings is 1. The van der Waals surface area contributed by atoms with Crippen LogP contribution in [0.5, 0.6) is 11.5 Å². The number of nitro groups is 1. The second kappa shape index (κ2) is 10.9. The van der Waals surface area contributed by atoms with Crippen LogP contribution in [0.2, 0.25) is 0 Å². The second-order valence-corrected chi connectivity index (χ2v) is 7.17. The van der Waals surface area contributed by atoms with E-state index >= 15 is 0 Å². The molecule has 0 saturated heterocycles. The summed E-state index contributed by atoms with van der Waals surface area (Å²) in [4.78, 5) is 27.6. The Morgan fingerprint density at radius 3 is 2.68 bits per heavy atom. The fraction of sp³-hybridized carbons (Fsp3) is 0.238. The minimum atomic E-state index is -0.610. The number of para-hydroxylation sites is 1. The fourth-order valence-corrected chi connectivity index (χ4v) is 3.33. The van der Waals surface area contributed by atoms with Gasteiger partial charge in [-0.05, 0) is 18.6 Å². The highest BCUT2D eigenvalue weighted by Crippen LogP contribution is 2.35. The van der Waals surface area contributed by atoms with Crippen molar-refractivity contribution < 1.29 is 19.2 Å². The lowest BCUT2D eigenvalue weighted by Crippen LogP contribution is -2.26. The molecule has 0 bridgehead atoms. The van der Waals surface area contributed by atoms with E-state index in [0.29, 0.717) is 25.2 Å². The number of rotatable bonds is 11. The van der Waals surface area contributed by atoms with Crippen molar-refractivity contribution in [2.75, 3.05) is 25.5 Å². The van der Waals surface area contributed by atoms with Crippen LogP contribution in [0, 0.1) is 10.1 Å². The molecule has 3 aromatic rings. The topological polar surface area (TPSA) is 116 Å². The van der Waals surface area contributed by atoms with Gasteiger partial charge in [0.05, 0.1) is 29.3 Å². The first-order valence-corrected chi connectivity index (χ1v) is 10.5. The highest BCUT2D eigenvalue weighted by molar-refractivity contribution is 7.07. The van der Waals surface area contributed by atoms with Gasteiger partial charge in [-0.3, -0.25) is 14.9 Å². The Balaban J connectivity index is 1.62. The van der Waals surface area contributed by atoms with Crippen LogP contribution < -0.4 is 20.1 Å². The van der Waals surface area contributed by atoms with E-state index in [2.05, 4.69) is 15.6 Å². The van der Waals surface area contributed by atoms with E-state index in [1.54, 1.807) is 5.51 Å². The van der Waals surface area contributed by atoms with Crippen molar-refractivity contribution in [1.29, 1.82) is 0 Å². The van der Waals surface area contributed by atoms with Gasteiger partial charge in [0.1, 0.15) is 12.2 Å². The third kappa shape index (κ3) is 6.16. The van der Waals surface area contributed by atoms with Crippen LogP contribution in [-0.4, -0.2) is 36.0 Å². The Labute approximate surface area is 183 Å². The molecular weight excluding hydrogens is 420 g/mol. The quantitative estimate of drug-likeness (QED) is 0.263. The van der Waals surface area contributed by atoms with Crippen LogP contribution in [0.4, 0.5) is 11.4 Å². The molecule has 0 atom stereocenters. The van der Waals surface area contributed by atoms with E-state index in [-0.39, 0.29) is 29.4 Å². The molecule has 1 heterocycles. The SMILES string of the molecule is COc1cc(C(=O)NCCCNc2ccccc2)c([N+](=O)[O-])cc1OCc1cscn1. The summed E-state index contributed by atoms with van der Waals surface area (Å²) in [6.07, 6.45) is 0.653. The summed E-state index contributed by atoms with van der Waals surface area (Å²) in [7, 11) is 1.41. The van der Waals surface area contributed by atoms with Crippen LogP contribution in [0.1, 0.15) is 22.5 Å². The molecule has 0 aliphatic carbocycles. The molecule has 10 heteroatoms. The zero-order chi connectivity index (χ0) is 22.1. The molecule has 0 fully saturated rings. The molecule has 2 N–H and O–H groups in total. The van der Waals surface area contributed by atoms with Gasteiger partial charge in [0.25, 0.3) is 11.6 Å². The van der Waals surface area contributed by atoms with Gasteiger partial charge in [0.15, 0.2) is 11.5 Å². The molecule has 0 saturated carbocycles. The number of aromatic nitrogens is 1. The van der Waals surface area contributed by atoms with Gasteiger partial charge in [0, 0.05) is 30.2 Å². The summed E-state index contributed by atoms with van der Waals surface area (Å²) in [5.74, 6) is -0.140. The molecule has 0 aliphatic heterocycles. The number of hydrogen-bond acceptors (Lipinski definition) is 8. The van der Waals surface area contributed by atoms with Crippen LogP contribution in [0.3, 0.4) is 0 Å². The Morgan fingerprint density at radius 1 is 1.19 bits per heavy atom. The molecule has 3 rings (SSSR count). The summed E-state index contributed by atoms with van der Waals surface area (Å²) in [6.45, 7) is 1.15. The maximum absolute atomic E-state index is 12.6.